The van der Waals surface area contributed by atoms with E-state index in [0.717, 1.165) is 24.3 Å². The van der Waals surface area contributed by atoms with Crippen molar-refractivity contribution in [1.82, 2.24) is 0 Å². The molecule has 0 amide bonds. The number of aromatic carboxylic acids is 1. The van der Waals surface area contributed by atoms with Gasteiger partial charge in [-0.05, 0) is 48.0 Å². The summed E-state index contributed by atoms with van der Waals surface area (Å²) in [5.41, 5.74) is -3.66. The molecular weight excluding hydrogens is 773 g/mol. The van der Waals surface area contributed by atoms with Gasteiger partial charge in [-0.1, -0.05) is 18.2 Å². The van der Waals surface area contributed by atoms with Crippen LogP contribution in [0.25, 0.3) is 33.4 Å². The van der Waals surface area contributed by atoms with E-state index >= 15 is 0 Å². The molecule has 0 saturated heterocycles. The molecule has 0 bridgehead atoms. The van der Waals surface area contributed by atoms with E-state index in [1.807, 2.05) is 0 Å². The van der Waals surface area contributed by atoms with Crippen LogP contribution in [-0.4, -0.2) is 47.6 Å². The van der Waals surface area contributed by atoms with Gasteiger partial charge in [0.2, 0.25) is 0 Å². The lowest BCUT2D eigenvalue weighted by Gasteiger charge is -2.17. The number of nitrogens with zero attached hydrogens (tertiary/aromatic N) is 5. The molecule has 0 saturated carbocycles. The van der Waals surface area contributed by atoms with E-state index in [9.17, 15) is 67.2 Å². The molecule has 0 unspecified atom stereocenters. The first-order chi connectivity index (χ1) is 25.9. The first-order valence-corrected chi connectivity index (χ1v) is 17.8. The highest BCUT2D eigenvalue weighted by Gasteiger charge is 2.31. The number of carboxylic acids is 1. The number of anilines is 1. The third-order valence-electron chi connectivity index (χ3n) is 7.88. The minimum atomic E-state index is -4.91. The summed E-state index contributed by atoms with van der Waals surface area (Å²) < 4.78 is 65.1. The molecule has 55 heavy (non-hydrogen) atoms. The Kier molecular flexibility index (Phi) is 9.25. The second-order valence-corrected chi connectivity index (χ2v) is 14.4. The van der Waals surface area contributed by atoms with Crippen LogP contribution >= 0.6 is 0 Å². The molecule has 278 valence electrons. The number of rotatable bonds is 11. The van der Waals surface area contributed by atoms with E-state index in [1.54, 1.807) is 0 Å². The number of fused-ring (bicyclic) bond motifs is 2. The zero-order valence-corrected chi connectivity index (χ0v) is 28.6. The molecule has 23 heteroatoms. The van der Waals surface area contributed by atoms with E-state index in [-0.39, 0.29) is 50.0 Å². The van der Waals surface area contributed by atoms with Gasteiger partial charge in [-0.15, -0.1) is 0 Å². The van der Waals surface area contributed by atoms with Crippen LogP contribution < -0.4 is 10.1 Å². The van der Waals surface area contributed by atoms with Crippen LogP contribution in [0.2, 0.25) is 0 Å². The van der Waals surface area contributed by atoms with Gasteiger partial charge >= 0.3 is 5.97 Å². The molecule has 21 nitrogen and oxygen atoms in total. The molecule has 0 radical (unpaired) electrons. The Bertz CT molecular complexity index is 2950. The van der Waals surface area contributed by atoms with Crippen LogP contribution in [0, 0.1) is 40.5 Å². The predicted octanol–water partition coefficient (Wildman–Crippen LogP) is 5.63. The molecule has 2 N–H and O–H groups in total. The normalized spacial score (nSPS) is 12.0. The SMILES string of the molecule is O=C(O)c1ccccc1-c1c2ccc(=NS(=O)(=O)c3ccc([N+](=O)[O-])cc3[N+](=O)[O-])cc-2oc2cc(NS(=O)(=O)c3ccc([N+](=O)[O-])cc3[N+](=O)[O-])ccc12. The highest BCUT2D eigenvalue weighted by atomic mass is 32.2. The van der Waals surface area contributed by atoms with Crippen LogP contribution in [0.5, 0.6) is 0 Å². The fourth-order valence-electron chi connectivity index (χ4n) is 5.54. The van der Waals surface area contributed by atoms with Crippen molar-refractivity contribution >= 4 is 65.4 Å². The lowest BCUT2D eigenvalue weighted by atomic mass is 9.91. The summed E-state index contributed by atoms with van der Waals surface area (Å²) in [5, 5.41) is 55.4. The molecular formula is C32H18N6O15S2. The number of non-ortho nitro benzene ring substituents is 2. The zero-order chi connectivity index (χ0) is 40.0. The molecule has 1 aliphatic heterocycles. The summed E-state index contributed by atoms with van der Waals surface area (Å²) in [6.45, 7) is 0. The third-order valence-corrected chi connectivity index (χ3v) is 10.7. The van der Waals surface area contributed by atoms with Crippen molar-refractivity contribution in [2.24, 2.45) is 4.40 Å². The average Bonchev–Trinajstić information content (AvgIpc) is 3.12. The van der Waals surface area contributed by atoms with Gasteiger partial charge in [0.05, 0.1) is 48.4 Å². The quantitative estimate of drug-likeness (QED) is 0.0913. The van der Waals surface area contributed by atoms with Gasteiger partial charge < -0.3 is 9.52 Å². The summed E-state index contributed by atoms with van der Waals surface area (Å²) in [5.74, 6) is -1.47. The van der Waals surface area contributed by atoms with E-state index in [0.29, 0.717) is 24.3 Å². The number of carbonyl (C=O) groups is 1. The molecule has 1 aliphatic carbocycles. The number of nitrogens with one attached hydrogen (secondary N) is 1. The van der Waals surface area contributed by atoms with Gasteiger partial charge in [0, 0.05) is 40.8 Å². The summed E-state index contributed by atoms with van der Waals surface area (Å²) in [4.78, 5) is 51.9. The van der Waals surface area contributed by atoms with Crippen LogP contribution in [0.3, 0.4) is 0 Å². The lowest BCUT2D eigenvalue weighted by Crippen LogP contribution is -2.15. The van der Waals surface area contributed by atoms with Crippen LogP contribution in [-0.2, 0) is 20.0 Å². The van der Waals surface area contributed by atoms with Crippen molar-refractivity contribution in [2.75, 3.05) is 4.72 Å². The number of hydrogen-bond donors (Lipinski definition) is 2. The largest absolute Gasteiger partial charge is 0.478 e. The Morgan fingerprint density at radius 1 is 0.673 bits per heavy atom. The maximum Gasteiger partial charge on any atom is 0.336 e. The highest BCUT2D eigenvalue weighted by molar-refractivity contribution is 7.93. The molecule has 0 spiro atoms. The number of carboxylic acid groups (broad SMARTS) is 1. The number of benzene rings is 5. The molecule has 4 aromatic carbocycles. The van der Waals surface area contributed by atoms with Crippen molar-refractivity contribution in [3.05, 3.63) is 148 Å². The van der Waals surface area contributed by atoms with Gasteiger partial charge in [0.15, 0.2) is 9.79 Å². The fraction of sp³-hybridized carbons (Fsp3) is 0. The first kappa shape index (κ1) is 37.1. The van der Waals surface area contributed by atoms with Crippen molar-refractivity contribution in [3.63, 3.8) is 0 Å². The zero-order valence-electron chi connectivity index (χ0n) is 27.0. The van der Waals surface area contributed by atoms with Gasteiger partial charge in [-0.3, -0.25) is 45.2 Å². The third kappa shape index (κ3) is 7.09. The number of nitro benzene ring substituents is 4. The Hall–Kier alpha value is -7.66. The smallest absolute Gasteiger partial charge is 0.336 e. The number of hydrogen-bond acceptors (Lipinski definition) is 14. The summed E-state index contributed by atoms with van der Waals surface area (Å²) in [6, 6.07) is 16.9. The Morgan fingerprint density at radius 2 is 1.27 bits per heavy atom. The minimum Gasteiger partial charge on any atom is -0.478 e. The molecule has 6 rings (SSSR count). The van der Waals surface area contributed by atoms with Gasteiger partial charge in [-0.2, -0.15) is 12.8 Å². The fourth-order valence-corrected chi connectivity index (χ4v) is 7.87. The maximum absolute atomic E-state index is 13.4. The monoisotopic (exact) mass is 790 g/mol. The van der Waals surface area contributed by atoms with E-state index in [2.05, 4.69) is 9.12 Å². The van der Waals surface area contributed by atoms with Crippen molar-refractivity contribution in [1.29, 1.82) is 0 Å². The van der Waals surface area contributed by atoms with Gasteiger partial charge in [0.25, 0.3) is 42.8 Å². The second-order valence-electron chi connectivity index (χ2n) is 11.2. The topological polar surface area (TPSA) is 316 Å². The standard InChI is InChI=1S/C32H18N6O15S2/c39-32(40)22-4-2-1-3-21(22)31-23-9-5-17(33-54(49,50)29-11-7-19(35(41)42)15-25(29)37(45)46)13-27(23)53-28-14-18(6-10-24(28)31)34-55(51,52)30-12-8-20(36(43)44)16-26(30)38(47)48/h1-16,33H,(H,39,40). The number of nitro groups is 4. The number of sulfonamides is 2. The first-order valence-electron chi connectivity index (χ1n) is 14.9. The summed E-state index contributed by atoms with van der Waals surface area (Å²) in [6.07, 6.45) is 0. The Balaban J connectivity index is 1.56. The molecule has 1 heterocycles. The molecule has 0 fully saturated rings. The van der Waals surface area contributed by atoms with Crippen LogP contribution in [0.4, 0.5) is 28.4 Å². The second kappa shape index (κ2) is 13.7. The predicted molar refractivity (Wildman–Crippen MR) is 188 cm³/mol. The molecule has 0 atom stereocenters. The maximum atomic E-state index is 13.4. The minimum absolute atomic E-state index is 0.132. The van der Waals surface area contributed by atoms with E-state index < -0.39 is 78.2 Å². The van der Waals surface area contributed by atoms with Gasteiger partial charge in [0.1, 0.15) is 11.3 Å². The van der Waals surface area contributed by atoms with Crippen molar-refractivity contribution in [2.45, 2.75) is 9.79 Å². The van der Waals surface area contributed by atoms with Crippen molar-refractivity contribution in [3.8, 4) is 22.5 Å². The van der Waals surface area contributed by atoms with Crippen LogP contribution in [0.1, 0.15) is 10.4 Å². The van der Waals surface area contributed by atoms with E-state index in [1.165, 1.54) is 48.5 Å². The Morgan fingerprint density at radius 3 is 1.87 bits per heavy atom. The highest BCUT2D eigenvalue weighted by Crippen LogP contribution is 2.42. The summed E-state index contributed by atoms with van der Waals surface area (Å²) in [7, 11) is -9.71. The summed E-state index contributed by atoms with van der Waals surface area (Å²) >= 11 is 0. The molecule has 4 aromatic rings. The van der Waals surface area contributed by atoms with Gasteiger partial charge in [-0.25, -0.2) is 13.2 Å². The molecule has 0 aromatic heterocycles. The Labute approximate surface area is 305 Å². The molecule has 2 aliphatic rings. The lowest BCUT2D eigenvalue weighted by molar-refractivity contribution is -0.396. The van der Waals surface area contributed by atoms with Crippen molar-refractivity contribution < 1.29 is 50.8 Å². The average molecular weight is 791 g/mol. The van der Waals surface area contributed by atoms with Crippen LogP contribution in [0.15, 0.2) is 116 Å². The van der Waals surface area contributed by atoms with E-state index in [4.69, 9.17) is 4.42 Å².